The molecule has 0 spiro atoms. The van der Waals surface area contributed by atoms with Crippen LogP contribution in [0.4, 0.5) is 4.39 Å². The number of nitrogens with zero attached hydrogens (tertiary/aromatic N) is 1. The number of methoxy groups -OCH3 is 1. The van der Waals surface area contributed by atoms with E-state index >= 15 is 0 Å². The number of rotatable bonds is 3. The first kappa shape index (κ1) is 16.6. The fourth-order valence-corrected chi connectivity index (χ4v) is 3.62. The maximum atomic E-state index is 13.5. The van der Waals surface area contributed by atoms with Crippen molar-refractivity contribution in [1.82, 2.24) is 10.2 Å². The average molecular weight is 372 g/mol. The molecule has 5 heteroatoms. The van der Waals surface area contributed by atoms with Gasteiger partial charge in [-0.2, -0.15) is 5.10 Å². The van der Waals surface area contributed by atoms with E-state index in [4.69, 9.17) is 9.47 Å². The maximum Gasteiger partial charge on any atom is 0.153 e. The van der Waals surface area contributed by atoms with Crippen LogP contribution in [0.5, 0.6) is 11.5 Å². The second-order valence-electron chi connectivity index (χ2n) is 6.64. The van der Waals surface area contributed by atoms with Gasteiger partial charge >= 0.3 is 0 Å². The zero-order chi connectivity index (χ0) is 19.1. The Morgan fingerprint density at radius 1 is 1.00 bits per heavy atom. The summed E-state index contributed by atoms with van der Waals surface area (Å²) in [6, 6.07) is 22.0. The van der Waals surface area contributed by atoms with E-state index in [2.05, 4.69) is 10.2 Å². The molecule has 0 saturated carbocycles. The lowest BCUT2D eigenvalue weighted by Gasteiger charge is -2.27. The summed E-state index contributed by atoms with van der Waals surface area (Å²) in [5, 5.41) is 7.78. The Bertz CT molecular complexity index is 1140. The van der Waals surface area contributed by atoms with Crippen molar-refractivity contribution < 1.29 is 13.9 Å². The SMILES string of the molecule is COc1ccc2c(c1)-c1[nH]nc(-c3ccccc3)c1C(c1ccc(F)cc1)O2. The number of aromatic amines is 1. The summed E-state index contributed by atoms with van der Waals surface area (Å²) in [4.78, 5) is 0. The lowest BCUT2D eigenvalue weighted by molar-refractivity contribution is 0.243. The number of ether oxygens (including phenoxy) is 2. The Balaban J connectivity index is 1.74. The predicted molar refractivity (Wildman–Crippen MR) is 105 cm³/mol. The molecule has 0 saturated heterocycles. The molecule has 4 aromatic rings. The molecule has 1 N–H and O–H groups in total. The van der Waals surface area contributed by atoms with Crippen LogP contribution in [-0.4, -0.2) is 17.3 Å². The van der Waals surface area contributed by atoms with Crippen molar-refractivity contribution in [1.29, 1.82) is 0 Å². The fraction of sp³-hybridized carbons (Fsp3) is 0.0870. The Kier molecular flexibility index (Phi) is 3.86. The molecule has 1 aliphatic rings. The van der Waals surface area contributed by atoms with Crippen LogP contribution >= 0.6 is 0 Å². The highest BCUT2D eigenvalue weighted by molar-refractivity contribution is 5.81. The lowest BCUT2D eigenvalue weighted by Crippen LogP contribution is -2.15. The normalized spacial score (nSPS) is 14.7. The van der Waals surface area contributed by atoms with Gasteiger partial charge in [-0.1, -0.05) is 42.5 Å². The minimum atomic E-state index is -0.398. The molecule has 28 heavy (non-hydrogen) atoms. The van der Waals surface area contributed by atoms with Crippen molar-refractivity contribution in [2.75, 3.05) is 7.11 Å². The van der Waals surface area contributed by atoms with E-state index in [1.165, 1.54) is 12.1 Å². The van der Waals surface area contributed by atoms with Gasteiger partial charge in [-0.05, 0) is 35.9 Å². The Morgan fingerprint density at radius 3 is 2.54 bits per heavy atom. The molecular formula is C23H17FN2O2. The third-order valence-electron chi connectivity index (χ3n) is 4.99. The Morgan fingerprint density at radius 2 is 1.79 bits per heavy atom. The Hall–Kier alpha value is -3.60. The molecule has 4 nitrogen and oxygen atoms in total. The van der Waals surface area contributed by atoms with Crippen molar-refractivity contribution in [3.63, 3.8) is 0 Å². The second-order valence-corrected chi connectivity index (χ2v) is 6.64. The summed E-state index contributed by atoms with van der Waals surface area (Å²) in [6.45, 7) is 0. The topological polar surface area (TPSA) is 47.1 Å². The number of hydrogen-bond donors (Lipinski definition) is 1. The first-order valence-corrected chi connectivity index (χ1v) is 8.99. The van der Waals surface area contributed by atoms with Gasteiger partial charge in [0.2, 0.25) is 0 Å². The molecule has 0 aliphatic carbocycles. The van der Waals surface area contributed by atoms with E-state index in [0.29, 0.717) is 0 Å². The highest BCUT2D eigenvalue weighted by Gasteiger charge is 2.33. The number of nitrogens with one attached hydrogen (secondary N) is 1. The van der Waals surface area contributed by atoms with Gasteiger partial charge in [0.1, 0.15) is 17.3 Å². The first-order chi connectivity index (χ1) is 13.7. The van der Waals surface area contributed by atoms with Crippen LogP contribution in [0.1, 0.15) is 17.2 Å². The number of fused-ring (bicyclic) bond motifs is 3. The summed E-state index contributed by atoms with van der Waals surface area (Å²) in [5.74, 6) is 1.19. The smallest absolute Gasteiger partial charge is 0.153 e. The first-order valence-electron chi connectivity index (χ1n) is 8.99. The summed E-state index contributed by atoms with van der Waals surface area (Å²) in [6.07, 6.45) is -0.398. The Labute approximate surface area is 161 Å². The van der Waals surface area contributed by atoms with Crippen molar-refractivity contribution in [2.24, 2.45) is 0 Å². The number of hydrogen-bond acceptors (Lipinski definition) is 3. The molecule has 1 aliphatic heterocycles. The predicted octanol–water partition coefficient (Wildman–Crippen LogP) is 5.37. The van der Waals surface area contributed by atoms with Gasteiger partial charge in [-0.3, -0.25) is 5.10 Å². The van der Waals surface area contributed by atoms with Crippen LogP contribution in [0.25, 0.3) is 22.5 Å². The van der Waals surface area contributed by atoms with E-state index in [-0.39, 0.29) is 5.82 Å². The number of halogens is 1. The minimum Gasteiger partial charge on any atom is -0.497 e. The van der Waals surface area contributed by atoms with E-state index in [0.717, 1.165) is 45.1 Å². The van der Waals surface area contributed by atoms with Gasteiger partial charge in [-0.25, -0.2) is 4.39 Å². The summed E-state index contributed by atoms with van der Waals surface area (Å²) in [7, 11) is 1.63. The highest BCUT2D eigenvalue weighted by atomic mass is 19.1. The van der Waals surface area contributed by atoms with Crippen molar-refractivity contribution in [3.05, 3.63) is 89.7 Å². The molecule has 1 aromatic heterocycles. The second kappa shape index (κ2) is 6.53. The summed E-state index contributed by atoms with van der Waals surface area (Å²) < 4.78 is 25.2. The average Bonchev–Trinajstić information content (AvgIpc) is 3.19. The summed E-state index contributed by atoms with van der Waals surface area (Å²) >= 11 is 0. The van der Waals surface area contributed by atoms with Crippen LogP contribution in [0, 0.1) is 5.82 Å². The number of H-pyrrole nitrogens is 1. The third kappa shape index (κ3) is 2.63. The molecule has 5 rings (SSSR count). The molecule has 0 bridgehead atoms. The minimum absolute atomic E-state index is 0.277. The van der Waals surface area contributed by atoms with Gasteiger partial charge in [-0.15, -0.1) is 0 Å². The molecule has 0 radical (unpaired) electrons. The van der Waals surface area contributed by atoms with Crippen LogP contribution < -0.4 is 9.47 Å². The highest BCUT2D eigenvalue weighted by Crippen LogP contribution is 2.48. The largest absolute Gasteiger partial charge is 0.497 e. The molecule has 0 amide bonds. The summed E-state index contributed by atoms with van der Waals surface area (Å²) in [5.41, 5.74) is 5.37. The van der Waals surface area contributed by atoms with E-state index in [1.54, 1.807) is 19.2 Å². The molecule has 1 atom stereocenters. The molecule has 1 unspecified atom stereocenters. The van der Waals surface area contributed by atoms with Crippen molar-refractivity contribution in [3.8, 4) is 34.0 Å². The van der Waals surface area contributed by atoms with Gasteiger partial charge in [0.05, 0.1) is 24.1 Å². The van der Waals surface area contributed by atoms with Gasteiger partial charge in [0.15, 0.2) is 6.10 Å². The van der Waals surface area contributed by atoms with Crippen LogP contribution in [0.2, 0.25) is 0 Å². The van der Waals surface area contributed by atoms with Crippen molar-refractivity contribution >= 4 is 0 Å². The third-order valence-corrected chi connectivity index (χ3v) is 4.99. The van der Waals surface area contributed by atoms with Crippen LogP contribution in [-0.2, 0) is 0 Å². The molecule has 138 valence electrons. The van der Waals surface area contributed by atoms with Gasteiger partial charge < -0.3 is 9.47 Å². The number of aromatic nitrogens is 2. The van der Waals surface area contributed by atoms with Gasteiger partial charge in [0, 0.05) is 11.1 Å². The zero-order valence-electron chi connectivity index (χ0n) is 15.1. The van der Waals surface area contributed by atoms with E-state index in [9.17, 15) is 4.39 Å². The zero-order valence-corrected chi connectivity index (χ0v) is 15.1. The van der Waals surface area contributed by atoms with E-state index in [1.807, 2.05) is 48.5 Å². The monoisotopic (exact) mass is 372 g/mol. The standard InChI is InChI=1S/C23H17FN2O2/c1-27-17-11-12-19-18(13-17)22-20(21(25-26-22)14-5-3-2-4-6-14)23(28-19)15-7-9-16(24)10-8-15/h2-13,23H,1H3,(H,25,26). The quantitative estimate of drug-likeness (QED) is 0.526. The lowest BCUT2D eigenvalue weighted by atomic mass is 9.91. The maximum absolute atomic E-state index is 13.5. The van der Waals surface area contributed by atoms with Crippen LogP contribution in [0.15, 0.2) is 72.8 Å². The van der Waals surface area contributed by atoms with Crippen molar-refractivity contribution in [2.45, 2.75) is 6.10 Å². The molecular weight excluding hydrogens is 355 g/mol. The number of benzene rings is 3. The molecule has 3 aromatic carbocycles. The van der Waals surface area contributed by atoms with E-state index < -0.39 is 6.10 Å². The van der Waals surface area contributed by atoms with Crippen LogP contribution in [0.3, 0.4) is 0 Å². The molecule has 0 fully saturated rings. The molecule has 2 heterocycles. The van der Waals surface area contributed by atoms with Gasteiger partial charge in [0.25, 0.3) is 0 Å². The fourth-order valence-electron chi connectivity index (χ4n) is 3.62.